The molecule has 0 aliphatic carbocycles. The molecule has 0 aliphatic rings. The molecule has 3 aromatic rings. The standard InChI is InChI=1S/C20H19NO6S/c1-10(2)27-17-14-9-12(26-3)5-7-16(14)28-18(17)19(23)21-11-4-6-13(20(24)25)15(22)8-11/h4-10,22H,1-3H3,(H,21,23)(H,24,25). The number of carbonyl (C=O) groups excluding carboxylic acids is 1. The fourth-order valence-corrected chi connectivity index (χ4v) is 3.67. The molecular formula is C20H19NO6S. The van der Waals surface area contributed by atoms with Gasteiger partial charge in [0.1, 0.15) is 21.9 Å². The first kappa shape index (κ1) is 19.5. The van der Waals surface area contributed by atoms with E-state index in [-0.39, 0.29) is 17.4 Å². The molecule has 0 saturated heterocycles. The second-order valence-corrected chi connectivity index (χ2v) is 7.33. The minimum atomic E-state index is -1.25. The highest BCUT2D eigenvalue weighted by atomic mass is 32.1. The predicted octanol–water partition coefficient (Wildman–Crippen LogP) is 4.35. The summed E-state index contributed by atoms with van der Waals surface area (Å²) in [5.74, 6) is -0.984. The Morgan fingerprint density at radius 1 is 1.14 bits per heavy atom. The van der Waals surface area contributed by atoms with Crippen LogP contribution in [0.2, 0.25) is 0 Å². The number of carbonyl (C=O) groups is 2. The van der Waals surface area contributed by atoms with Crippen LogP contribution in [0.5, 0.6) is 17.2 Å². The van der Waals surface area contributed by atoms with Crippen LogP contribution in [0.4, 0.5) is 5.69 Å². The smallest absolute Gasteiger partial charge is 0.339 e. The number of rotatable bonds is 6. The molecule has 146 valence electrons. The van der Waals surface area contributed by atoms with Crippen molar-refractivity contribution in [3.8, 4) is 17.2 Å². The molecule has 0 saturated carbocycles. The fourth-order valence-electron chi connectivity index (χ4n) is 2.66. The second-order valence-electron chi connectivity index (χ2n) is 6.28. The number of carboxylic acid groups (broad SMARTS) is 1. The first-order valence-electron chi connectivity index (χ1n) is 8.45. The minimum absolute atomic E-state index is 0.144. The van der Waals surface area contributed by atoms with Crippen LogP contribution in [-0.2, 0) is 0 Å². The van der Waals surface area contributed by atoms with Gasteiger partial charge in [-0.05, 0) is 44.2 Å². The molecular weight excluding hydrogens is 382 g/mol. The van der Waals surface area contributed by atoms with Crippen molar-refractivity contribution in [2.45, 2.75) is 20.0 Å². The van der Waals surface area contributed by atoms with Crippen molar-refractivity contribution in [3.05, 3.63) is 46.8 Å². The number of benzene rings is 2. The Morgan fingerprint density at radius 2 is 1.89 bits per heavy atom. The van der Waals surface area contributed by atoms with E-state index in [0.717, 1.165) is 10.1 Å². The Bertz CT molecular complexity index is 1060. The molecule has 8 heteroatoms. The monoisotopic (exact) mass is 401 g/mol. The van der Waals surface area contributed by atoms with Crippen LogP contribution in [-0.4, -0.2) is 35.3 Å². The molecule has 2 aromatic carbocycles. The lowest BCUT2D eigenvalue weighted by Gasteiger charge is -2.12. The highest BCUT2D eigenvalue weighted by Gasteiger charge is 2.22. The largest absolute Gasteiger partial charge is 0.507 e. The summed E-state index contributed by atoms with van der Waals surface area (Å²) in [5.41, 5.74) is 0.0359. The number of thiophene rings is 1. The van der Waals surface area contributed by atoms with Gasteiger partial charge in [-0.25, -0.2) is 4.79 Å². The number of hydrogen-bond acceptors (Lipinski definition) is 6. The van der Waals surface area contributed by atoms with E-state index >= 15 is 0 Å². The number of hydrogen-bond donors (Lipinski definition) is 3. The molecule has 0 bridgehead atoms. The summed E-state index contributed by atoms with van der Waals surface area (Å²) in [6.07, 6.45) is -0.144. The molecule has 1 aromatic heterocycles. The normalized spacial score (nSPS) is 10.9. The van der Waals surface area contributed by atoms with E-state index in [1.54, 1.807) is 7.11 Å². The van der Waals surface area contributed by atoms with Gasteiger partial charge in [0, 0.05) is 21.8 Å². The van der Waals surface area contributed by atoms with Gasteiger partial charge >= 0.3 is 5.97 Å². The summed E-state index contributed by atoms with van der Waals surface area (Å²) >= 11 is 1.28. The van der Waals surface area contributed by atoms with Crippen LogP contribution >= 0.6 is 11.3 Å². The lowest BCUT2D eigenvalue weighted by molar-refractivity contribution is 0.0693. The number of phenols is 1. The maximum absolute atomic E-state index is 12.9. The van der Waals surface area contributed by atoms with E-state index in [1.807, 2.05) is 32.0 Å². The van der Waals surface area contributed by atoms with Crippen molar-refractivity contribution >= 4 is 39.0 Å². The zero-order valence-corrected chi connectivity index (χ0v) is 16.3. The highest BCUT2D eigenvalue weighted by Crippen LogP contribution is 2.40. The summed E-state index contributed by atoms with van der Waals surface area (Å²) in [4.78, 5) is 24.2. The van der Waals surface area contributed by atoms with Crippen molar-refractivity contribution < 1.29 is 29.3 Å². The Kier molecular flexibility index (Phi) is 5.41. The summed E-state index contributed by atoms with van der Waals surface area (Å²) in [6, 6.07) is 9.32. The maximum Gasteiger partial charge on any atom is 0.339 e. The van der Waals surface area contributed by atoms with E-state index in [2.05, 4.69) is 5.32 Å². The van der Waals surface area contributed by atoms with Gasteiger partial charge in [-0.15, -0.1) is 11.3 Å². The summed E-state index contributed by atoms with van der Waals surface area (Å²) in [5, 5.41) is 22.3. The molecule has 1 amide bonds. The molecule has 0 radical (unpaired) electrons. The molecule has 3 rings (SSSR count). The molecule has 0 unspecified atom stereocenters. The van der Waals surface area contributed by atoms with E-state index in [0.29, 0.717) is 16.4 Å². The summed E-state index contributed by atoms with van der Waals surface area (Å²) < 4.78 is 12.0. The molecule has 0 spiro atoms. The topological polar surface area (TPSA) is 105 Å². The summed E-state index contributed by atoms with van der Waals surface area (Å²) in [6.45, 7) is 3.74. The van der Waals surface area contributed by atoms with Gasteiger partial charge in [-0.1, -0.05) is 0 Å². The van der Waals surface area contributed by atoms with Crippen molar-refractivity contribution in [3.63, 3.8) is 0 Å². The number of carboxylic acids is 1. The quantitative estimate of drug-likeness (QED) is 0.567. The van der Waals surface area contributed by atoms with E-state index in [9.17, 15) is 14.7 Å². The zero-order valence-electron chi connectivity index (χ0n) is 15.5. The Morgan fingerprint density at radius 3 is 2.50 bits per heavy atom. The van der Waals surface area contributed by atoms with Crippen LogP contribution in [0.3, 0.4) is 0 Å². The molecule has 0 aliphatic heterocycles. The number of anilines is 1. The Balaban J connectivity index is 1.98. The molecule has 28 heavy (non-hydrogen) atoms. The average Bonchev–Trinajstić information content (AvgIpc) is 2.98. The van der Waals surface area contributed by atoms with Crippen LogP contribution in [0.1, 0.15) is 33.9 Å². The van der Waals surface area contributed by atoms with Crippen molar-refractivity contribution in [1.29, 1.82) is 0 Å². The minimum Gasteiger partial charge on any atom is -0.507 e. The van der Waals surface area contributed by atoms with Crippen LogP contribution < -0.4 is 14.8 Å². The highest BCUT2D eigenvalue weighted by molar-refractivity contribution is 7.21. The van der Waals surface area contributed by atoms with Crippen molar-refractivity contribution in [1.82, 2.24) is 0 Å². The predicted molar refractivity (Wildman–Crippen MR) is 107 cm³/mol. The van der Waals surface area contributed by atoms with Gasteiger partial charge in [-0.2, -0.15) is 0 Å². The number of aromatic hydroxyl groups is 1. The summed E-state index contributed by atoms with van der Waals surface area (Å²) in [7, 11) is 1.57. The van der Waals surface area contributed by atoms with Gasteiger partial charge in [0.2, 0.25) is 0 Å². The van der Waals surface area contributed by atoms with Crippen molar-refractivity contribution in [2.75, 3.05) is 12.4 Å². The van der Waals surface area contributed by atoms with Gasteiger partial charge in [0.05, 0.1) is 13.2 Å². The number of fused-ring (bicyclic) bond motifs is 1. The van der Waals surface area contributed by atoms with Crippen LogP contribution in [0.25, 0.3) is 10.1 Å². The average molecular weight is 401 g/mol. The van der Waals surface area contributed by atoms with Gasteiger partial charge < -0.3 is 25.0 Å². The number of ether oxygens (including phenoxy) is 2. The Hall–Kier alpha value is -3.26. The molecule has 1 heterocycles. The van der Waals surface area contributed by atoms with Crippen molar-refractivity contribution in [2.24, 2.45) is 0 Å². The second kappa shape index (κ2) is 7.77. The number of nitrogens with one attached hydrogen (secondary N) is 1. The van der Waals surface area contributed by atoms with Crippen LogP contribution in [0.15, 0.2) is 36.4 Å². The fraction of sp³-hybridized carbons (Fsp3) is 0.200. The zero-order chi connectivity index (χ0) is 20.4. The first-order valence-corrected chi connectivity index (χ1v) is 9.26. The number of amides is 1. The molecule has 3 N–H and O–H groups in total. The number of methoxy groups -OCH3 is 1. The third kappa shape index (κ3) is 3.86. The van der Waals surface area contributed by atoms with Gasteiger partial charge in [-0.3, -0.25) is 4.79 Å². The molecule has 0 atom stereocenters. The van der Waals surface area contributed by atoms with Gasteiger partial charge in [0.15, 0.2) is 5.75 Å². The Labute approximate surface area is 165 Å². The van der Waals surface area contributed by atoms with E-state index < -0.39 is 17.6 Å². The lowest BCUT2D eigenvalue weighted by atomic mass is 10.2. The third-order valence-corrected chi connectivity index (χ3v) is 5.05. The molecule has 0 fully saturated rings. The SMILES string of the molecule is COc1ccc2sc(C(=O)Nc3ccc(C(=O)O)c(O)c3)c(OC(C)C)c2c1. The van der Waals surface area contributed by atoms with Crippen LogP contribution in [0, 0.1) is 0 Å². The first-order chi connectivity index (χ1) is 13.3. The number of aromatic carboxylic acids is 1. The van der Waals surface area contributed by atoms with E-state index in [4.69, 9.17) is 14.6 Å². The third-order valence-electron chi connectivity index (χ3n) is 3.90. The molecule has 7 nitrogen and oxygen atoms in total. The van der Waals surface area contributed by atoms with Gasteiger partial charge in [0.25, 0.3) is 5.91 Å². The maximum atomic E-state index is 12.9. The lowest BCUT2D eigenvalue weighted by Crippen LogP contribution is -2.14. The van der Waals surface area contributed by atoms with E-state index in [1.165, 1.54) is 29.5 Å².